The van der Waals surface area contributed by atoms with E-state index in [2.05, 4.69) is 10.3 Å². The number of carbonyl (C=O) groups is 1. The maximum absolute atomic E-state index is 14.0. The number of nitrogens with one attached hydrogen (secondary N) is 1. The van der Waals surface area contributed by atoms with Crippen LogP contribution in [0.4, 0.5) is 10.1 Å². The number of hydrogen-bond acceptors (Lipinski definition) is 3. The van der Waals surface area contributed by atoms with Crippen LogP contribution in [0.25, 0.3) is 21.8 Å². The highest BCUT2D eigenvalue weighted by Gasteiger charge is 2.14. The van der Waals surface area contributed by atoms with Crippen LogP contribution in [0.2, 0.25) is 0 Å². The largest absolute Gasteiger partial charge is 0.321 e. The van der Waals surface area contributed by atoms with Gasteiger partial charge in [-0.15, -0.1) is 11.3 Å². The van der Waals surface area contributed by atoms with E-state index in [-0.39, 0.29) is 11.7 Å². The van der Waals surface area contributed by atoms with Crippen LogP contribution >= 0.6 is 11.3 Å². The van der Waals surface area contributed by atoms with Gasteiger partial charge in [-0.3, -0.25) is 4.79 Å². The molecule has 0 fully saturated rings. The highest BCUT2D eigenvalue weighted by atomic mass is 32.1. The fourth-order valence-corrected chi connectivity index (χ4v) is 3.60. The third kappa shape index (κ3) is 3.64. The first-order valence-electron chi connectivity index (χ1n) is 8.38. The molecule has 4 rings (SSSR count). The lowest BCUT2D eigenvalue weighted by Gasteiger charge is -2.09. The van der Waals surface area contributed by atoms with Crippen molar-refractivity contribution in [1.82, 2.24) is 4.98 Å². The molecule has 1 heterocycles. The Labute approximate surface area is 160 Å². The number of nitrogens with zero attached hydrogens (tertiary/aromatic N) is 1. The summed E-state index contributed by atoms with van der Waals surface area (Å²) in [5.41, 5.74) is 3.21. The van der Waals surface area contributed by atoms with Crippen molar-refractivity contribution in [3.8, 4) is 21.8 Å². The number of hydrogen-bond donors (Lipinski definition) is 1. The Kier molecular flexibility index (Phi) is 4.77. The minimum absolute atomic E-state index is 0.187. The smallest absolute Gasteiger partial charge is 0.255 e. The quantitative estimate of drug-likeness (QED) is 0.485. The summed E-state index contributed by atoms with van der Waals surface area (Å²) >= 11 is 1.37. The van der Waals surface area contributed by atoms with E-state index in [0.29, 0.717) is 27.5 Å². The van der Waals surface area contributed by atoms with E-state index >= 15 is 0 Å². The molecule has 0 radical (unpaired) electrons. The molecule has 1 amide bonds. The maximum atomic E-state index is 14.0. The second-order valence-corrected chi connectivity index (χ2v) is 6.74. The van der Waals surface area contributed by atoms with Gasteiger partial charge >= 0.3 is 0 Å². The molecule has 3 aromatic carbocycles. The average molecular weight is 374 g/mol. The van der Waals surface area contributed by atoms with Crippen molar-refractivity contribution in [3.05, 3.63) is 95.6 Å². The molecule has 0 aliphatic rings. The molecule has 0 unspecified atom stereocenters. The SMILES string of the molecule is O=C(Nc1ccccc1-c1csc(-c2ccccc2F)n1)c1ccccc1. The van der Waals surface area contributed by atoms with Gasteiger partial charge in [-0.05, 0) is 30.3 Å². The van der Waals surface area contributed by atoms with Crippen molar-refractivity contribution in [3.63, 3.8) is 0 Å². The highest BCUT2D eigenvalue weighted by molar-refractivity contribution is 7.13. The summed E-state index contributed by atoms with van der Waals surface area (Å²) in [6, 6.07) is 23.1. The van der Waals surface area contributed by atoms with E-state index < -0.39 is 0 Å². The van der Waals surface area contributed by atoms with Gasteiger partial charge in [-0.2, -0.15) is 0 Å². The Balaban J connectivity index is 1.66. The van der Waals surface area contributed by atoms with Crippen molar-refractivity contribution in [1.29, 1.82) is 0 Å². The van der Waals surface area contributed by atoms with Gasteiger partial charge in [0.15, 0.2) is 0 Å². The minimum Gasteiger partial charge on any atom is -0.321 e. The summed E-state index contributed by atoms with van der Waals surface area (Å²) in [7, 11) is 0. The number of benzene rings is 3. The molecule has 5 heteroatoms. The van der Waals surface area contributed by atoms with Crippen LogP contribution in [0.1, 0.15) is 10.4 Å². The van der Waals surface area contributed by atoms with Crippen LogP contribution in [-0.2, 0) is 0 Å². The van der Waals surface area contributed by atoms with E-state index in [1.54, 1.807) is 30.3 Å². The summed E-state index contributed by atoms with van der Waals surface area (Å²) < 4.78 is 14.0. The number of halogens is 1. The molecule has 1 aromatic heterocycles. The van der Waals surface area contributed by atoms with Gasteiger partial charge in [0, 0.05) is 22.1 Å². The normalized spacial score (nSPS) is 10.6. The van der Waals surface area contributed by atoms with Gasteiger partial charge in [0.1, 0.15) is 10.8 Å². The minimum atomic E-state index is -0.302. The van der Waals surface area contributed by atoms with Gasteiger partial charge in [0.05, 0.1) is 11.4 Å². The zero-order valence-corrected chi connectivity index (χ0v) is 15.0. The van der Waals surface area contributed by atoms with Crippen LogP contribution in [0.3, 0.4) is 0 Å². The monoisotopic (exact) mass is 374 g/mol. The van der Waals surface area contributed by atoms with Crippen LogP contribution in [0.15, 0.2) is 84.2 Å². The average Bonchev–Trinajstić information content (AvgIpc) is 3.19. The molecule has 0 aliphatic carbocycles. The van der Waals surface area contributed by atoms with Crippen molar-refractivity contribution < 1.29 is 9.18 Å². The second kappa shape index (κ2) is 7.51. The Morgan fingerprint density at radius 1 is 0.852 bits per heavy atom. The van der Waals surface area contributed by atoms with Crippen LogP contribution in [0.5, 0.6) is 0 Å². The fraction of sp³-hybridized carbons (Fsp3) is 0. The van der Waals surface area contributed by atoms with E-state index in [9.17, 15) is 9.18 Å². The van der Waals surface area contributed by atoms with Crippen LogP contribution in [-0.4, -0.2) is 10.9 Å². The van der Waals surface area contributed by atoms with Crippen molar-refractivity contribution in [2.45, 2.75) is 0 Å². The van der Waals surface area contributed by atoms with Gasteiger partial charge in [0.25, 0.3) is 5.91 Å². The van der Waals surface area contributed by atoms with Gasteiger partial charge in [0.2, 0.25) is 0 Å². The number of aromatic nitrogens is 1. The molecular weight excluding hydrogens is 359 g/mol. The predicted octanol–water partition coefficient (Wildman–Crippen LogP) is 5.87. The molecule has 0 aliphatic heterocycles. The lowest BCUT2D eigenvalue weighted by molar-refractivity contribution is 0.102. The number of carbonyl (C=O) groups excluding carboxylic acids is 1. The lowest BCUT2D eigenvalue weighted by Crippen LogP contribution is -2.12. The number of amides is 1. The first-order valence-corrected chi connectivity index (χ1v) is 9.26. The van der Waals surface area contributed by atoms with E-state index in [0.717, 1.165) is 5.56 Å². The zero-order valence-electron chi connectivity index (χ0n) is 14.2. The van der Waals surface area contributed by atoms with E-state index in [1.807, 2.05) is 47.8 Å². The molecule has 0 saturated heterocycles. The first-order chi connectivity index (χ1) is 13.2. The molecule has 0 spiro atoms. The van der Waals surface area contributed by atoms with Crippen molar-refractivity contribution in [2.75, 3.05) is 5.32 Å². The Hall–Kier alpha value is -3.31. The van der Waals surface area contributed by atoms with E-state index in [1.165, 1.54) is 17.4 Å². The maximum Gasteiger partial charge on any atom is 0.255 e. The van der Waals surface area contributed by atoms with Crippen molar-refractivity contribution >= 4 is 22.9 Å². The molecule has 27 heavy (non-hydrogen) atoms. The number of thiazole rings is 1. The second-order valence-electron chi connectivity index (χ2n) is 5.88. The number of anilines is 1. The zero-order chi connectivity index (χ0) is 18.6. The molecule has 0 atom stereocenters. The number of rotatable bonds is 4. The van der Waals surface area contributed by atoms with E-state index in [4.69, 9.17) is 0 Å². The topological polar surface area (TPSA) is 42.0 Å². The molecule has 3 nitrogen and oxygen atoms in total. The summed E-state index contributed by atoms with van der Waals surface area (Å²) in [6.07, 6.45) is 0. The molecule has 132 valence electrons. The summed E-state index contributed by atoms with van der Waals surface area (Å²) in [6.45, 7) is 0. The molecule has 1 N–H and O–H groups in total. The third-order valence-corrected chi connectivity index (χ3v) is 4.97. The van der Waals surface area contributed by atoms with Gasteiger partial charge < -0.3 is 5.32 Å². The first kappa shape index (κ1) is 17.1. The Morgan fingerprint density at radius 2 is 1.52 bits per heavy atom. The van der Waals surface area contributed by atoms with Crippen LogP contribution in [0, 0.1) is 5.82 Å². The molecule has 0 bridgehead atoms. The summed E-state index contributed by atoms with van der Waals surface area (Å²) in [5, 5.41) is 5.41. The molecular formula is C22H15FN2OS. The fourth-order valence-electron chi connectivity index (χ4n) is 2.76. The van der Waals surface area contributed by atoms with Gasteiger partial charge in [-0.1, -0.05) is 48.5 Å². The molecule has 4 aromatic rings. The summed E-state index contributed by atoms with van der Waals surface area (Å²) in [4.78, 5) is 17.1. The standard InChI is InChI=1S/C22H15FN2OS/c23-18-12-6-4-10-16(18)22-25-20(14-27-22)17-11-5-7-13-19(17)24-21(26)15-8-2-1-3-9-15/h1-14H,(H,24,26). The Bertz CT molecular complexity index is 1090. The number of para-hydroxylation sites is 1. The third-order valence-electron chi connectivity index (χ3n) is 4.10. The van der Waals surface area contributed by atoms with Gasteiger partial charge in [-0.25, -0.2) is 9.37 Å². The van der Waals surface area contributed by atoms with Crippen molar-refractivity contribution in [2.24, 2.45) is 0 Å². The Morgan fingerprint density at radius 3 is 2.30 bits per heavy atom. The van der Waals surface area contributed by atoms with Crippen LogP contribution < -0.4 is 5.32 Å². The predicted molar refractivity (Wildman–Crippen MR) is 107 cm³/mol. The summed E-state index contributed by atoms with van der Waals surface area (Å²) in [5.74, 6) is -0.489. The lowest BCUT2D eigenvalue weighted by atomic mass is 10.1. The molecule has 0 saturated carbocycles. The highest BCUT2D eigenvalue weighted by Crippen LogP contribution is 2.33.